The highest BCUT2D eigenvalue weighted by atomic mass is 32.1. The molecule has 1 saturated carbocycles. The molecule has 1 fully saturated rings. The zero-order chi connectivity index (χ0) is 24.6. The van der Waals surface area contributed by atoms with E-state index in [1.54, 1.807) is 0 Å². The van der Waals surface area contributed by atoms with Crippen LogP contribution in [-0.2, 0) is 10.2 Å². The van der Waals surface area contributed by atoms with Gasteiger partial charge < -0.3 is 26.0 Å². The number of aliphatic hydroxyl groups excluding tert-OH is 1. The van der Waals surface area contributed by atoms with Gasteiger partial charge in [0.2, 0.25) is 0 Å². The second-order valence-electron chi connectivity index (χ2n) is 9.65. The Balaban J connectivity index is 1.93. The van der Waals surface area contributed by atoms with Crippen LogP contribution in [0.1, 0.15) is 61.0 Å². The van der Waals surface area contributed by atoms with E-state index in [1.807, 2.05) is 30.2 Å². The maximum absolute atomic E-state index is 11.7. The lowest BCUT2D eigenvalue weighted by Gasteiger charge is -2.30. The van der Waals surface area contributed by atoms with Gasteiger partial charge in [0.25, 0.3) is 0 Å². The SMILES string of the molecule is C=C(/C=C(\C=C/N)CN(C)CCO)O[C@H]1CC[C@H](Nc2cc(C(C)(C)C)sc2C(=O)O)CC1. The first-order valence-electron chi connectivity index (χ1n) is 11.4. The normalized spacial score (nSPS) is 19.8. The highest BCUT2D eigenvalue weighted by Gasteiger charge is 2.27. The summed E-state index contributed by atoms with van der Waals surface area (Å²) in [6.07, 6.45) is 8.81. The highest BCUT2D eigenvalue weighted by Crippen LogP contribution is 2.37. The van der Waals surface area contributed by atoms with Gasteiger partial charge in [0.15, 0.2) is 0 Å². The van der Waals surface area contributed by atoms with Crippen molar-refractivity contribution in [2.24, 2.45) is 5.73 Å². The average molecular weight is 478 g/mol. The zero-order valence-electron chi connectivity index (χ0n) is 20.3. The number of aromatic carboxylic acids is 1. The van der Waals surface area contributed by atoms with Gasteiger partial charge in [0.05, 0.1) is 18.4 Å². The quantitative estimate of drug-likeness (QED) is 0.278. The van der Waals surface area contributed by atoms with Crippen LogP contribution in [0.4, 0.5) is 5.69 Å². The summed E-state index contributed by atoms with van der Waals surface area (Å²) in [5.41, 5.74) is 7.17. The molecule has 1 aliphatic rings. The maximum Gasteiger partial charge on any atom is 0.348 e. The number of carboxylic acid groups (broad SMARTS) is 1. The van der Waals surface area contributed by atoms with Gasteiger partial charge in [0.1, 0.15) is 10.6 Å². The Bertz CT molecular complexity index is 861. The Morgan fingerprint density at radius 2 is 2.03 bits per heavy atom. The van der Waals surface area contributed by atoms with Crippen LogP contribution in [0.15, 0.2) is 42.3 Å². The third kappa shape index (κ3) is 8.53. The van der Waals surface area contributed by atoms with E-state index in [4.69, 9.17) is 15.6 Å². The number of nitrogens with zero attached hydrogens (tertiary/aromatic N) is 1. The van der Waals surface area contributed by atoms with Gasteiger partial charge >= 0.3 is 5.97 Å². The van der Waals surface area contributed by atoms with Gasteiger partial charge in [-0.2, -0.15) is 0 Å². The molecule has 1 aromatic heterocycles. The van der Waals surface area contributed by atoms with Crippen molar-refractivity contribution in [3.8, 4) is 0 Å². The fourth-order valence-electron chi connectivity index (χ4n) is 3.86. The molecule has 0 atom stereocenters. The molecule has 2 rings (SSSR count). The van der Waals surface area contributed by atoms with Crippen LogP contribution in [0.25, 0.3) is 0 Å². The van der Waals surface area contributed by atoms with Crippen molar-refractivity contribution in [1.29, 1.82) is 0 Å². The average Bonchev–Trinajstić information content (AvgIpc) is 3.14. The third-order valence-corrected chi connectivity index (χ3v) is 7.16. The number of anilines is 1. The molecule has 1 heterocycles. The Morgan fingerprint density at radius 1 is 1.36 bits per heavy atom. The molecule has 7 nitrogen and oxygen atoms in total. The molecular formula is C25H39N3O4S. The van der Waals surface area contributed by atoms with Gasteiger partial charge in [0, 0.05) is 24.0 Å². The molecule has 0 aromatic carbocycles. The van der Waals surface area contributed by atoms with Crippen molar-refractivity contribution in [3.63, 3.8) is 0 Å². The van der Waals surface area contributed by atoms with Crippen LogP contribution >= 0.6 is 11.3 Å². The van der Waals surface area contributed by atoms with E-state index in [0.29, 0.717) is 23.7 Å². The molecule has 0 aliphatic heterocycles. The summed E-state index contributed by atoms with van der Waals surface area (Å²) >= 11 is 1.35. The largest absolute Gasteiger partial charge is 0.491 e. The fourth-order valence-corrected chi connectivity index (χ4v) is 4.88. The first kappa shape index (κ1) is 27.0. The summed E-state index contributed by atoms with van der Waals surface area (Å²) < 4.78 is 6.09. The molecule has 184 valence electrons. The van der Waals surface area contributed by atoms with Crippen LogP contribution in [0, 0.1) is 0 Å². The number of hydrogen-bond acceptors (Lipinski definition) is 7. The Hall–Kier alpha value is -2.29. The molecule has 0 radical (unpaired) electrons. The minimum atomic E-state index is -0.884. The molecule has 1 aliphatic carbocycles. The van der Waals surface area contributed by atoms with Gasteiger partial charge in [-0.05, 0) is 68.1 Å². The minimum absolute atomic E-state index is 0.0802. The van der Waals surface area contributed by atoms with E-state index >= 15 is 0 Å². The molecule has 1 aromatic rings. The Labute approximate surface area is 201 Å². The molecule has 5 N–H and O–H groups in total. The number of carboxylic acids is 1. The third-order valence-electron chi connectivity index (χ3n) is 5.61. The lowest BCUT2D eigenvalue weighted by molar-refractivity contribution is 0.0702. The summed E-state index contributed by atoms with van der Waals surface area (Å²) in [4.78, 5) is 15.2. The second kappa shape index (κ2) is 12.3. The number of nitrogens with two attached hydrogens (primary N) is 1. The summed E-state index contributed by atoms with van der Waals surface area (Å²) in [6.45, 7) is 11.6. The molecule has 0 unspecified atom stereocenters. The van der Waals surface area contributed by atoms with Crippen molar-refractivity contribution >= 4 is 23.0 Å². The van der Waals surface area contributed by atoms with E-state index in [9.17, 15) is 9.90 Å². The molecule has 0 bridgehead atoms. The molecular weight excluding hydrogens is 438 g/mol. The van der Waals surface area contributed by atoms with Crippen molar-refractivity contribution < 1.29 is 19.7 Å². The number of rotatable bonds is 11. The number of nitrogens with one attached hydrogen (secondary N) is 1. The molecule has 33 heavy (non-hydrogen) atoms. The summed E-state index contributed by atoms with van der Waals surface area (Å²) in [5, 5.41) is 22.2. The summed E-state index contributed by atoms with van der Waals surface area (Å²) in [7, 11) is 1.93. The fraction of sp³-hybridized carbons (Fsp3) is 0.560. The molecule has 8 heteroatoms. The number of hydrogen-bond donors (Lipinski definition) is 4. The van der Waals surface area contributed by atoms with E-state index in [0.717, 1.165) is 41.8 Å². The number of likely N-dealkylation sites (N-methyl/N-ethyl adjacent to an activating group) is 1. The lowest BCUT2D eigenvalue weighted by Crippen LogP contribution is -2.30. The first-order valence-corrected chi connectivity index (χ1v) is 12.2. The Kier molecular flexibility index (Phi) is 10.0. The van der Waals surface area contributed by atoms with Crippen molar-refractivity contribution in [3.05, 3.63) is 52.1 Å². The monoisotopic (exact) mass is 477 g/mol. The van der Waals surface area contributed by atoms with Crippen molar-refractivity contribution in [1.82, 2.24) is 4.90 Å². The zero-order valence-corrected chi connectivity index (χ0v) is 21.1. The summed E-state index contributed by atoms with van der Waals surface area (Å²) in [6, 6.07) is 2.21. The van der Waals surface area contributed by atoms with Crippen LogP contribution in [-0.4, -0.2) is 60.0 Å². The lowest BCUT2D eigenvalue weighted by atomic mass is 9.92. The summed E-state index contributed by atoms with van der Waals surface area (Å²) in [5.74, 6) is -0.289. The van der Waals surface area contributed by atoms with Crippen molar-refractivity contribution in [2.45, 2.75) is 64.0 Å². The van der Waals surface area contributed by atoms with Crippen LogP contribution < -0.4 is 11.1 Å². The standard InChI is InChI=1S/C25H39N3O4S/c1-17(14-18(10-11-26)16-28(5)12-13-29)32-20-8-6-19(7-9-20)27-21-15-22(25(2,3)4)33-23(21)24(30)31/h10-11,14-15,19-20,27,29H,1,6-9,12-13,16,26H2,2-5H3,(H,30,31)/b11-10-,18-14+/t19-,20-. The molecule has 0 amide bonds. The van der Waals surface area contributed by atoms with Crippen LogP contribution in [0.5, 0.6) is 0 Å². The predicted molar refractivity (Wildman–Crippen MR) is 136 cm³/mol. The Morgan fingerprint density at radius 3 is 2.58 bits per heavy atom. The van der Waals surface area contributed by atoms with Gasteiger partial charge in [-0.1, -0.05) is 27.4 Å². The minimum Gasteiger partial charge on any atom is -0.491 e. The second-order valence-corrected chi connectivity index (χ2v) is 10.7. The highest BCUT2D eigenvalue weighted by molar-refractivity contribution is 7.14. The van der Waals surface area contributed by atoms with Crippen molar-refractivity contribution in [2.75, 3.05) is 32.1 Å². The molecule has 0 saturated heterocycles. The number of ether oxygens (including phenoxy) is 1. The van der Waals surface area contributed by atoms with E-state index < -0.39 is 5.97 Å². The number of allylic oxidation sites excluding steroid dienone is 1. The van der Waals surface area contributed by atoms with E-state index in [2.05, 4.69) is 32.7 Å². The van der Waals surface area contributed by atoms with E-state index in [1.165, 1.54) is 17.5 Å². The van der Waals surface area contributed by atoms with E-state index in [-0.39, 0.29) is 24.2 Å². The topological polar surface area (TPSA) is 108 Å². The smallest absolute Gasteiger partial charge is 0.348 e. The predicted octanol–water partition coefficient (Wildman–Crippen LogP) is 4.32. The van der Waals surface area contributed by atoms with Gasteiger partial charge in [-0.3, -0.25) is 4.90 Å². The van der Waals surface area contributed by atoms with Gasteiger partial charge in [-0.25, -0.2) is 4.79 Å². The van der Waals surface area contributed by atoms with Crippen LogP contribution in [0.2, 0.25) is 0 Å². The number of thiophene rings is 1. The van der Waals surface area contributed by atoms with Crippen LogP contribution in [0.3, 0.4) is 0 Å². The maximum atomic E-state index is 11.7. The molecule has 0 spiro atoms. The number of carbonyl (C=O) groups is 1. The first-order chi connectivity index (χ1) is 15.5. The van der Waals surface area contributed by atoms with Gasteiger partial charge in [-0.15, -0.1) is 11.3 Å². The number of aliphatic hydroxyl groups is 1.